The Kier molecular flexibility index (Phi) is 3.48. The van der Waals surface area contributed by atoms with Gasteiger partial charge >= 0.3 is 0 Å². The van der Waals surface area contributed by atoms with Crippen LogP contribution in [0.5, 0.6) is 0 Å². The van der Waals surface area contributed by atoms with Crippen molar-refractivity contribution in [1.82, 2.24) is 4.98 Å². The average molecular weight is 327 g/mol. The number of halogens is 1. The number of pyridine rings is 1. The van der Waals surface area contributed by atoms with Crippen LogP contribution in [0.2, 0.25) is 0 Å². The number of aromatic nitrogens is 1. The Labute approximate surface area is 124 Å². The normalized spacial score (nSPS) is 10.4. The van der Waals surface area contributed by atoms with Crippen LogP contribution in [-0.4, -0.2) is 10.9 Å². The number of nitrogens with zero attached hydrogens (tertiary/aromatic N) is 1. The minimum absolute atomic E-state index is 0.131. The maximum atomic E-state index is 12.2. The first-order chi connectivity index (χ1) is 9.74. The maximum Gasteiger partial charge on any atom is 0.255 e. The molecule has 3 aromatic rings. The minimum Gasteiger partial charge on any atom is -0.321 e. The van der Waals surface area contributed by atoms with Crippen molar-refractivity contribution in [2.45, 2.75) is 0 Å². The van der Waals surface area contributed by atoms with Crippen molar-refractivity contribution >= 4 is 38.3 Å². The molecule has 0 spiro atoms. The number of amides is 1. The maximum absolute atomic E-state index is 12.2. The molecule has 0 aliphatic heterocycles. The minimum atomic E-state index is -0.131. The van der Waals surface area contributed by atoms with Crippen LogP contribution in [0.1, 0.15) is 10.4 Å². The summed E-state index contributed by atoms with van der Waals surface area (Å²) < 4.78 is 0.948. The fourth-order valence-corrected chi connectivity index (χ4v) is 2.28. The molecule has 0 radical (unpaired) electrons. The van der Waals surface area contributed by atoms with Gasteiger partial charge in [-0.1, -0.05) is 28.1 Å². The molecule has 4 heteroatoms. The van der Waals surface area contributed by atoms with Crippen molar-refractivity contribution in [3.8, 4) is 0 Å². The second-order valence-corrected chi connectivity index (χ2v) is 5.28. The Morgan fingerprint density at radius 2 is 1.85 bits per heavy atom. The fraction of sp³-hybridized carbons (Fsp3) is 0. The zero-order valence-electron chi connectivity index (χ0n) is 10.5. The first-order valence-corrected chi connectivity index (χ1v) is 6.93. The van der Waals surface area contributed by atoms with Crippen LogP contribution in [0, 0.1) is 0 Å². The van der Waals surface area contributed by atoms with Crippen molar-refractivity contribution in [3.05, 3.63) is 71.0 Å². The second-order valence-electron chi connectivity index (χ2n) is 4.36. The van der Waals surface area contributed by atoms with Gasteiger partial charge in [-0.2, -0.15) is 0 Å². The largest absolute Gasteiger partial charge is 0.321 e. The van der Waals surface area contributed by atoms with E-state index in [1.165, 1.54) is 0 Å². The molecule has 0 saturated heterocycles. The van der Waals surface area contributed by atoms with E-state index in [1.807, 2.05) is 36.4 Å². The second kappa shape index (κ2) is 5.43. The smallest absolute Gasteiger partial charge is 0.255 e. The molecular formula is C16H11BrN2O. The number of benzene rings is 2. The molecule has 0 atom stereocenters. The van der Waals surface area contributed by atoms with Crippen molar-refractivity contribution < 1.29 is 4.79 Å². The van der Waals surface area contributed by atoms with Gasteiger partial charge in [0.25, 0.3) is 5.91 Å². The van der Waals surface area contributed by atoms with Crippen LogP contribution in [-0.2, 0) is 0 Å². The zero-order chi connectivity index (χ0) is 13.9. The van der Waals surface area contributed by atoms with E-state index in [0.29, 0.717) is 5.56 Å². The van der Waals surface area contributed by atoms with Gasteiger partial charge in [-0.25, -0.2) is 0 Å². The average Bonchev–Trinajstić information content (AvgIpc) is 2.48. The highest BCUT2D eigenvalue weighted by Gasteiger charge is 2.08. The van der Waals surface area contributed by atoms with Crippen molar-refractivity contribution in [2.24, 2.45) is 0 Å². The third-order valence-electron chi connectivity index (χ3n) is 3.04. The summed E-state index contributed by atoms with van der Waals surface area (Å²) >= 11 is 3.35. The lowest BCUT2D eigenvalue weighted by Crippen LogP contribution is -2.11. The van der Waals surface area contributed by atoms with E-state index in [9.17, 15) is 4.79 Å². The molecular weight excluding hydrogens is 316 g/mol. The van der Waals surface area contributed by atoms with E-state index >= 15 is 0 Å². The number of hydrogen-bond donors (Lipinski definition) is 1. The molecule has 1 aromatic heterocycles. The topological polar surface area (TPSA) is 42.0 Å². The molecule has 0 bridgehead atoms. The summed E-state index contributed by atoms with van der Waals surface area (Å²) in [6.07, 6.45) is 3.50. The summed E-state index contributed by atoms with van der Waals surface area (Å²) in [5.74, 6) is -0.131. The summed E-state index contributed by atoms with van der Waals surface area (Å²) in [6, 6.07) is 15.0. The number of rotatable bonds is 2. The van der Waals surface area contributed by atoms with E-state index < -0.39 is 0 Å². The Bertz CT molecular complexity index is 764. The Balaban J connectivity index is 1.93. The number of nitrogens with one attached hydrogen (secondary N) is 1. The number of fused-ring (bicyclic) bond motifs is 1. The van der Waals surface area contributed by atoms with E-state index in [4.69, 9.17) is 0 Å². The lowest BCUT2D eigenvalue weighted by Gasteiger charge is -2.08. The van der Waals surface area contributed by atoms with Gasteiger partial charge in [0, 0.05) is 27.8 Å². The summed E-state index contributed by atoms with van der Waals surface area (Å²) in [7, 11) is 0. The van der Waals surface area contributed by atoms with Gasteiger partial charge in [-0.05, 0) is 41.8 Å². The quantitative estimate of drug-likeness (QED) is 0.764. The van der Waals surface area contributed by atoms with Crippen molar-refractivity contribution in [2.75, 3.05) is 5.32 Å². The van der Waals surface area contributed by atoms with Crippen LogP contribution in [0.15, 0.2) is 65.4 Å². The van der Waals surface area contributed by atoms with Gasteiger partial charge in [-0.15, -0.1) is 0 Å². The molecule has 20 heavy (non-hydrogen) atoms. The number of carbonyl (C=O) groups is 1. The third kappa shape index (κ3) is 2.56. The van der Waals surface area contributed by atoms with Gasteiger partial charge in [0.2, 0.25) is 0 Å². The first kappa shape index (κ1) is 12.8. The molecule has 1 heterocycles. The highest BCUT2D eigenvalue weighted by Crippen LogP contribution is 2.22. The Morgan fingerprint density at radius 1 is 1.05 bits per heavy atom. The van der Waals surface area contributed by atoms with Gasteiger partial charge in [0.05, 0.1) is 5.69 Å². The van der Waals surface area contributed by atoms with Gasteiger partial charge in [0.15, 0.2) is 0 Å². The van der Waals surface area contributed by atoms with E-state index in [2.05, 4.69) is 26.2 Å². The van der Waals surface area contributed by atoms with E-state index in [1.54, 1.807) is 24.5 Å². The SMILES string of the molecule is O=C(Nc1cccc2ccncc12)c1ccc(Br)cc1. The van der Waals surface area contributed by atoms with Crippen LogP contribution in [0.4, 0.5) is 5.69 Å². The summed E-state index contributed by atoms with van der Waals surface area (Å²) in [4.78, 5) is 16.3. The van der Waals surface area contributed by atoms with Crippen LogP contribution >= 0.6 is 15.9 Å². The molecule has 3 nitrogen and oxygen atoms in total. The molecule has 1 N–H and O–H groups in total. The van der Waals surface area contributed by atoms with Crippen LogP contribution < -0.4 is 5.32 Å². The Morgan fingerprint density at radius 3 is 2.65 bits per heavy atom. The van der Waals surface area contributed by atoms with Crippen molar-refractivity contribution in [3.63, 3.8) is 0 Å². The lowest BCUT2D eigenvalue weighted by molar-refractivity contribution is 0.102. The lowest BCUT2D eigenvalue weighted by atomic mass is 10.1. The number of hydrogen-bond acceptors (Lipinski definition) is 2. The number of anilines is 1. The van der Waals surface area contributed by atoms with Gasteiger partial charge in [-0.3, -0.25) is 9.78 Å². The molecule has 98 valence electrons. The molecule has 1 amide bonds. The van der Waals surface area contributed by atoms with E-state index in [-0.39, 0.29) is 5.91 Å². The molecule has 2 aromatic carbocycles. The first-order valence-electron chi connectivity index (χ1n) is 6.14. The third-order valence-corrected chi connectivity index (χ3v) is 3.57. The summed E-state index contributed by atoms with van der Waals surface area (Å²) in [5.41, 5.74) is 1.39. The predicted molar refractivity (Wildman–Crippen MR) is 83.8 cm³/mol. The summed E-state index contributed by atoms with van der Waals surface area (Å²) in [6.45, 7) is 0. The van der Waals surface area contributed by atoms with E-state index in [0.717, 1.165) is 20.9 Å². The number of carbonyl (C=O) groups excluding carboxylic acids is 1. The molecule has 0 aliphatic carbocycles. The molecule has 3 rings (SSSR count). The van der Waals surface area contributed by atoms with Crippen LogP contribution in [0.25, 0.3) is 10.8 Å². The monoisotopic (exact) mass is 326 g/mol. The van der Waals surface area contributed by atoms with Crippen LogP contribution in [0.3, 0.4) is 0 Å². The molecule has 0 saturated carbocycles. The molecule has 0 fully saturated rings. The predicted octanol–water partition coefficient (Wildman–Crippen LogP) is 4.25. The standard InChI is InChI=1S/C16H11BrN2O/c17-13-6-4-12(5-7-13)16(20)19-15-3-1-2-11-8-9-18-10-14(11)15/h1-10H,(H,19,20). The Hall–Kier alpha value is -2.20. The van der Waals surface area contributed by atoms with Crippen molar-refractivity contribution in [1.29, 1.82) is 0 Å². The highest BCUT2D eigenvalue weighted by atomic mass is 79.9. The fourth-order valence-electron chi connectivity index (χ4n) is 2.02. The molecule has 0 unspecified atom stereocenters. The van der Waals surface area contributed by atoms with Gasteiger partial charge in [0.1, 0.15) is 0 Å². The van der Waals surface area contributed by atoms with Gasteiger partial charge < -0.3 is 5.32 Å². The molecule has 0 aliphatic rings. The summed E-state index contributed by atoms with van der Waals surface area (Å²) in [5, 5.41) is 4.91. The highest BCUT2D eigenvalue weighted by molar-refractivity contribution is 9.10. The zero-order valence-corrected chi connectivity index (χ0v) is 12.1.